The van der Waals surface area contributed by atoms with Crippen molar-refractivity contribution in [3.63, 3.8) is 0 Å². The molecule has 33 heavy (non-hydrogen) atoms. The average Bonchev–Trinajstić information content (AvgIpc) is 2.84. The number of rotatable bonds is 13. The Labute approximate surface area is 196 Å². The van der Waals surface area contributed by atoms with Crippen LogP contribution in [0.4, 0.5) is 0 Å². The monoisotopic (exact) mass is 448 g/mol. The van der Waals surface area contributed by atoms with Gasteiger partial charge in [0.15, 0.2) is 6.10 Å². The van der Waals surface area contributed by atoms with E-state index in [9.17, 15) is 4.79 Å². The van der Waals surface area contributed by atoms with E-state index >= 15 is 0 Å². The quantitative estimate of drug-likeness (QED) is 0.328. The minimum atomic E-state index is -0.585. The lowest BCUT2D eigenvalue weighted by Gasteiger charge is -2.16. The molecule has 0 aliphatic carbocycles. The molecule has 1 unspecified atom stereocenters. The Bertz CT molecular complexity index is 969. The summed E-state index contributed by atoms with van der Waals surface area (Å²) in [5, 5.41) is 0. The minimum absolute atomic E-state index is 0.324. The molecule has 174 valence electrons. The minimum Gasteiger partial charge on any atom is -0.493 e. The molecule has 1 atom stereocenters. The van der Waals surface area contributed by atoms with E-state index < -0.39 is 6.10 Å². The zero-order valence-corrected chi connectivity index (χ0v) is 19.4. The second-order valence-electron chi connectivity index (χ2n) is 7.56. The molecule has 5 nitrogen and oxygen atoms in total. The third-order valence-electron chi connectivity index (χ3n) is 5.07. The largest absolute Gasteiger partial charge is 0.493 e. The van der Waals surface area contributed by atoms with Crippen LogP contribution in [0.15, 0.2) is 78.9 Å². The molecule has 0 N–H and O–H groups in total. The molecule has 0 fully saturated rings. The first kappa shape index (κ1) is 24.3. The molecule has 0 aliphatic heterocycles. The molecule has 3 aromatic rings. The van der Waals surface area contributed by atoms with Crippen LogP contribution >= 0.6 is 0 Å². The highest BCUT2D eigenvalue weighted by molar-refractivity contribution is 5.75. The summed E-state index contributed by atoms with van der Waals surface area (Å²) in [6.07, 6.45) is 0.667. The van der Waals surface area contributed by atoms with Gasteiger partial charge in [0.05, 0.1) is 13.2 Å². The zero-order chi connectivity index (χ0) is 23.3. The van der Waals surface area contributed by atoms with E-state index in [1.54, 1.807) is 6.92 Å². The predicted molar refractivity (Wildman–Crippen MR) is 129 cm³/mol. The van der Waals surface area contributed by atoms with E-state index in [1.165, 1.54) is 0 Å². The Morgan fingerprint density at radius 3 is 2.24 bits per heavy atom. The number of hydrogen-bond acceptors (Lipinski definition) is 5. The van der Waals surface area contributed by atoms with Crippen LogP contribution in [0.3, 0.4) is 0 Å². The number of hydrogen-bond donors (Lipinski definition) is 0. The molecule has 3 aromatic carbocycles. The maximum atomic E-state index is 12.0. The van der Waals surface area contributed by atoms with Crippen LogP contribution < -0.4 is 9.47 Å². The lowest BCUT2D eigenvalue weighted by Crippen LogP contribution is -2.28. The Morgan fingerprint density at radius 2 is 1.52 bits per heavy atom. The van der Waals surface area contributed by atoms with Gasteiger partial charge in [-0.3, -0.25) is 0 Å². The van der Waals surface area contributed by atoms with Gasteiger partial charge < -0.3 is 18.9 Å². The first-order valence-corrected chi connectivity index (χ1v) is 11.4. The summed E-state index contributed by atoms with van der Waals surface area (Å²) in [6.45, 7) is 5.58. The van der Waals surface area contributed by atoms with Gasteiger partial charge in [-0.15, -0.1) is 0 Å². The van der Waals surface area contributed by atoms with Crippen LogP contribution in [0.1, 0.15) is 30.5 Å². The molecule has 0 heterocycles. The summed E-state index contributed by atoms with van der Waals surface area (Å²) in [5.74, 6) is 1.32. The van der Waals surface area contributed by atoms with Crippen LogP contribution in [-0.2, 0) is 33.7 Å². The summed E-state index contributed by atoms with van der Waals surface area (Å²) in [6, 6.07) is 26.0. The van der Waals surface area contributed by atoms with Crippen molar-refractivity contribution in [3.05, 3.63) is 95.6 Å². The summed E-state index contributed by atoms with van der Waals surface area (Å²) in [7, 11) is 0. The fourth-order valence-corrected chi connectivity index (χ4v) is 3.40. The lowest BCUT2D eigenvalue weighted by molar-refractivity contribution is -0.156. The SMILES string of the molecule is CCOC(=O)C(Cc1ccc(OCCc2cccc(OCc3ccccc3)c2)cc1)OCC. The maximum absolute atomic E-state index is 12.0. The highest BCUT2D eigenvalue weighted by atomic mass is 16.6. The molecule has 0 saturated carbocycles. The van der Waals surface area contributed by atoms with Gasteiger partial charge in [-0.1, -0.05) is 54.6 Å². The van der Waals surface area contributed by atoms with E-state index in [0.29, 0.717) is 32.8 Å². The van der Waals surface area contributed by atoms with E-state index in [4.69, 9.17) is 18.9 Å². The first-order valence-electron chi connectivity index (χ1n) is 11.4. The second kappa shape index (κ2) is 13.3. The van der Waals surface area contributed by atoms with E-state index in [-0.39, 0.29) is 5.97 Å². The average molecular weight is 449 g/mol. The molecular weight excluding hydrogens is 416 g/mol. The maximum Gasteiger partial charge on any atom is 0.335 e. The molecule has 0 spiro atoms. The normalized spacial score (nSPS) is 11.6. The fraction of sp³-hybridized carbons (Fsp3) is 0.321. The van der Waals surface area contributed by atoms with E-state index in [2.05, 4.69) is 24.3 Å². The highest BCUT2D eigenvalue weighted by Gasteiger charge is 2.20. The molecule has 0 aromatic heterocycles. The van der Waals surface area contributed by atoms with Crippen molar-refractivity contribution in [2.24, 2.45) is 0 Å². The molecule has 5 heteroatoms. The third kappa shape index (κ3) is 8.28. The van der Waals surface area contributed by atoms with Crippen molar-refractivity contribution in [3.8, 4) is 11.5 Å². The van der Waals surface area contributed by atoms with Gasteiger partial charge in [0, 0.05) is 19.4 Å². The first-order chi connectivity index (χ1) is 16.2. The predicted octanol–water partition coefficient (Wildman–Crippen LogP) is 5.40. The number of carbonyl (C=O) groups excluding carboxylic acids is 1. The van der Waals surface area contributed by atoms with E-state index in [0.717, 1.165) is 34.6 Å². The van der Waals surface area contributed by atoms with Crippen LogP contribution in [-0.4, -0.2) is 31.9 Å². The fourth-order valence-electron chi connectivity index (χ4n) is 3.40. The third-order valence-corrected chi connectivity index (χ3v) is 5.07. The van der Waals surface area contributed by atoms with Crippen molar-refractivity contribution in [2.75, 3.05) is 19.8 Å². The molecule has 0 aliphatic rings. The second-order valence-corrected chi connectivity index (χ2v) is 7.56. The topological polar surface area (TPSA) is 54.0 Å². The van der Waals surface area contributed by atoms with Crippen molar-refractivity contribution in [2.45, 2.75) is 39.4 Å². The molecule has 3 rings (SSSR count). The summed E-state index contributed by atoms with van der Waals surface area (Å²) >= 11 is 0. The van der Waals surface area contributed by atoms with Crippen LogP contribution in [0.2, 0.25) is 0 Å². The zero-order valence-electron chi connectivity index (χ0n) is 19.4. The van der Waals surface area contributed by atoms with Crippen molar-refractivity contribution in [1.82, 2.24) is 0 Å². The molecular formula is C28H32O5. The van der Waals surface area contributed by atoms with Crippen molar-refractivity contribution < 1.29 is 23.7 Å². The van der Waals surface area contributed by atoms with Crippen LogP contribution in [0, 0.1) is 0 Å². The molecule has 0 saturated heterocycles. The van der Waals surface area contributed by atoms with Crippen LogP contribution in [0.25, 0.3) is 0 Å². The Hall–Kier alpha value is -3.31. The van der Waals surface area contributed by atoms with Crippen molar-refractivity contribution in [1.29, 1.82) is 0 Å². The van der Waals surface area contributed by atoms with Crippen molar-refractivity contribution >= 4 is 5.97 Å². The highest BCUT2D eigenvalue weighted by Crippen LogP contribution is 2.18. The Balaban J connectivity index is 1.46. The van der Waals surface area contributed by atoms with Gasteiger partial charge >= 0.3 is 5.97 Å². The molecule has 0 radical (unpaired) electrons. The summed E-state index contributed by atoms with van der Waals surface area (Å²) < 4.78 is 22.5. The lowest BCUT2D eigenvalue weighted by atomic mass is 10.1. The number of ether oxygens (including phenoxy) is 4. The Morgan fingerprint density at radius 1 is 0.758 bits per heavy atom. The van der Waals surface area contributed by atoms with E-state index in [1.807, 2.05) is 61.5 Å². The number of benzene rings is 3. The smallest absolute Gasteiger partial charge is 0.335 e. The number of carbonyl (C=O) groups is 1. The Kier molecular flexibility index (Phi) is 9.80. The van der Waals surface area contributed by atoms with Gasteiger partial charge in [0.2, 0.25) is 0 Å². The van der Waals surface area contributed by atoms with Gasteiger partial charge in [-0.25, -0.2) is 4.79 Å². The van der Waals surface area contributed by atoms with Gasteiger partial charge in [0.25, 0.3) is 0 Å². The van der Waals surface area contributed by atoms with Gasteiger partial charge in [-0.05, 0) is 54.8 Å². The number of esters is 1. The molecule has 0 amide bonds. The summed E-state index contributed by atoms with van der Waals surface area (Å²) in [4.78, 5) is 12.0. The van der Waals surface area contributed by atoms with Crippen LogP contribution in [0.5, 0.6) is 11.5 Å². The standard InChI is InChI=1S/C28H32O5/c1-3-30-27(28(29)31-4-2)20-23-13-15-25(16-14-23)32-18-17-22-11-8-12-26(19-22)33-21-24-9-6-5-7-10-24/h5-16,19,27H,3-4,17-18,20-21H2,1-2H3. The molecule has 0 bridgehead atoms. The summed E-state index contributed by atoms with van der Waals surface area (Å²) in [5.41, 5.74) is 3.30. The van der Waals surface area contributed by atoms with Gasteiger partial charge in [-0.2, -0.15) is 0 Å². The van der Waals surface area contributed by atoms with Gasteiger partial charge in [0.1, 0.15) is 18.1 Å².